The zero-order valence-electron chi connectivity index (χ0n) is 18.9. The number of carbonyl (C=O) groups excluding carboxylic acids is 1. The number of nitrogens with zero attached hydrogens (tertiary/aromatic N) is 3. The van der Waals surface area contributed by atoms with Crippen LogP contribution < -0.4 is 24.4 Å². The zero-order valence-corrected chi connectivity index (χ0v) is 20.5. The molecule has 8 nitrogen and oxygen atoms in total. The van der Waals surface area contributed by atoms with Crippen molar-refractivity contribution in [1.29, 1.82) is 0 Å². The SMILES string of the molecule is COc1ccc(C(=O)NCCN2CCN(c3nc4c(OC)c(Cl)ccc4s3)CC2)c(OC)c1. The van der Waals surface area contributed by atoms with Crippen LogP contribution in [0, 0.1) is 0 Å². The van der Waals surface area contributed by atoms with Gasteiger partial charge in [-0.1, -0.05) is 22.9 Å². The summed E-state index contributed by atoms with van der Waals surface area (Å²) >= 11 is 7.88. The van der Waals surface area contributed by atoms with Crippen LogP contribution in [0.4, 0.5) is 5.13 Å². The zero-order chi connectivity index (χ0) is 23.4. The summed E-state index contributed by atoms with van der Waals surface area (Å²) in [7, 11) is 4.74. The first-order valence-corrected chi connectivity index (χ1v) is 11.8. The van der Waals surface area contributed by atoms with Gasteiger partial charge in [-0.3, -0.25) is 9.69 Å². The lowest BCUT2D eigenvalue weighted by molar-refractivity contribution is 0.0944. The third kappa shape index (κ3) is 5.10. The van der Waals surface area contributed by atoms with Crippen molar-refractivity contribution in [2.75, 3.05) is 65.5 Å². The first-order valence-electron chi connectivity index (χ1n) is 10.6. The van der Waals surface area contributed by atoms with Crippen LogP contribution in [0.2, 0.25) is 5.02 Å². The molecule has 1 aliphatic heterocycles. The predicted octanol–water partition coefficient (Wildman–Crippen LogP) is 3.53. The van der Waals surface area contributed by atoms with Crippen LogP contribution in [0.1, 0.15) is 10.4 Å². The quantitative estimate of drug-likeness (QED) is 0.517. The molecule has 0 unspecified atom stereocenters. The van der Waals surface area contributed by atoms with Crippen LogP contribution in [0.25, 0.3) is 10.2 Å². The fraction of sp³-hybridized carbons (Fsp3) is 0.391. The number of fused-ring (bicyclic) bond motifs is 1. The van der Waals surface area contributed by atoms with Crippen molar-refractivity contribution in [1.82, 2.24) is 15.2 Å². The molecule has 2 heterocycles. The van der Waals surface area contributed by atoms with Crippen LogP contribution in [-0.2, 0) is 0 Å². The van der Waals surface area contributed by atoms with Gasteiger partial charge in [-0.05, 0) is 24.3 Å². The molecule has 0 radical (unpaired) electrons. The molecule has 1 fully saturated rings. The van der Waals surface area contributed by atoms with Gasteiger partial charge >= 0.3 is 0 Å². The number of thiazole rings is 1. The molecule has 1 aliphatic rings. The molecule has 1 saturated heterocycles. The number of carbonyl (C=O) groups is 1. The van der Waals surface area contributed by atoms with Gasteiger partial charge in [-0.25, -0.2) is 4.98 Å². The highest BCUT2D eigenvalue weighted by Gasteiger charge is 2.21. The fourth-order valence-electron chi connectivity index (χ4n) is 3.83. The lowest BCUT2D eigenvalue weighted by Gasteiger charge is -2.34. The Morgan fingerprint density at radius 1 is 1.09 bits per heavy atom. The lowest BCUT2D eigenvalue weighted by Crippen LogP contribution is -2.48. The highest BCUT2D eigenvalue weighted by molar-refractivity contribution is 7.22. The van der Waals surface area contributed by atoms with Gasteiger partial charge in [0.15, 0.2) is 10.9 Å². The van der Waals surface area contributed by atoms with E-state index in [0.29, 0.717) is 34.4 Å². The standard InChI is InChI=1S/C23H27ClN4O4S/c1-30-15-4-5-16(18(14-15)31-2)22(29)25-8-9-27-10-12-28(13-11-27)23-26-20-19(33-23)7-6-17(24)21(20)32-3/h4-7,14H,8-13H2,1-3H3,(H,25,29). The molecule has 2 aromatic carbocycles. The van der Waals surface area contributed by atoms with Crippen LogP contribution in [0.3, 0.4) is 0 Å². The Balaban J connectivity index is 1.29. The molecule has 0 spiro atoms. The molecule has 1 aromatic heterocycles. The minimum Gasteiger partial charge on any atom is -0.497 e. The summed E-state index contributed by atoms with van der Waals surface area (Å²) in [5, 5.41) is 4.53. The molecule has 10 heteroatoms. The number of benzene rings is 2. The van der Waals surface area contributed by atoms with E-state index in [0.717, 1.165) is 48.1 Å². The molecule has 4 rings (SSSR count). The average Bonchev–Trinajstić information content (AvgIpc) is 3.28. The number of anilines is 1. The number of halogens is 1. The summed E-state index contributed by atoms with van der Waals surface area (Å²) < 4.78 is 17.0. The molecular formula is C23H27ClN4O4S. The maximum Gasteiger partial charge on any atom is 0.255 e. The molecule has 176 valence electrons. The third-order valence-electron chi connectivity index (χ3n) is 5.67. The smallest absolute Gasteiger partial charge is 0.255 e. The highest BCUT2D eigenvalue weighted by Crippen LogP contribution is 2.38. The van der Waals surface area contributed by atoms with Crippen molar-refractivity contribution < 1.29 is 19.0 Å². The van der Waals surface area contributed by atoms with Gasteiger partial charge in [-0.2, -0.15) is 0 Å². The van der Waals surface area contributed by atoms with Crippen molar-refractivity contribution in [2.24, 2.45) is 0 Å². The number of hydrogen-bond donors (Lipinski definition) is 1. The Morgan fingerprint density at radius 2 is 1.88 bits per heavy atom. The number of amides is 1. The second kappa shape index (κ2) is 10.5. The van der Waals surface area contributed by atoms with Crippen molar-refractivity contribution >= 4 is 44.2 Å². The fourth-order valence-corrected chi connectivity index (χ4v) is 5.08. The minimum atomic E-state index is -0.157. The summed E-state index contributed by atoms with van der Waals surface area (Å²) in [6.45, 7) is 4.88. The number of hydrogen-bond acceptors (Lipinski definition) is 8. The number of piperazine rings is 1. The summed E-state index contributed by atoms with van der Waals surface area (Å²) in [4.78, 5) is 22.0. The van der Waals surface area contributed by atoms with Crippen molar-refractivity contribution in [3.05, 3.63) is 40.9 Å². The summed E-state index contributed by atoms with van der Waals surface area (Å²) in [6, 6.07) is 9.00. The molecule has 0 saturated carbocycles. The van der Waals surface area contributed by atoms with Gasteiger partial charge in [0, 0.05) is 45.3 Å². The van der Waals surface area contributed by atoms with E-state index in [1.807, 2.05) is 12.1 Å². The maximum absolute atomic E-state index is 12.6. The normalized spacial score (nSPS) is 14.4. The van der Waals surface area contributed by atoms with Crippen LogP contribution in [0.5, 0.6) is 17.2 Å². The maximum atomic E-state index is 12.6. The first kappa shape index (κ1) is 23.4. The second-order valence-corrected chi connectivity index (χ2v) is 8.99. The van der Waals surface area contributed by atoms with E-state index in [2.05, 4.69) is 15.1 Å². The summed E-state index contributed by atoms with van der Waals surface area (Å²) in [6.07, 6.45) is 0. The Morgan fingerprint density at radius 3 is 2.58 bits per heavy atom. The van der Waals surface area contributed by atoms with Gasteiger partial charge in [0.1, 0.15) is 17.0 Å². The minimum absolute atomic E-state index is 0.157. The van der Waals surface area contributed by atoms with E-state index < -0.39 is 0 Å². The van der Waals surface area contributed by atoms with Crippen molar-refractivity contribution in [3.8, 4) is 17.2 Å². The number of nitrogens with one attached hydrogen (secondary N) is 1. The number of rotatable bonds is 8. The third-order valence-corrected chi connectivity index (χ3v) is 7.05. The monoisotopic (exact) mass is 490 g/mol. The van der Waals surface area contributed by atoms with E-state index in [4.69, 9.17) is 30.8 Å². The first-order chi connectivity index (χ1) is 16.0. The van der Waals surface area contributed by atoms with Gasteiger partial charge in [0.25, 0.3) is 5.91 Å². The Kier molecular flexibility index (Phi) is 7.42. The van der Waals surface area contributed by atoms with E-state index in [9.17, 15) is 4.79 Å². The molecule has 33 heavy (non-hydrogen) atoms. The van der Waals surface area contributed by atoms with Crippen LogP contribution >= 0.6 is 22.9 Å². The second-order valence-electron chi connectivity index (χ2n) is 7.57. The Hall–Kier alpha value is -2.75. The number of aromatic nitrogens is 1. The average molecular weight is 491 g/mol. The molecule has 0 aliphatic carbocycles. The van der Waals surface area contributed by atoms with Gasteiger partial charge < -0.3 is 24.4 Å². The van der Waals surface area contributed by atoms with Crippen molar-refractivity contribution in [3.63, 3.8) is 0 Å². The lowest BCUT2D eigenvalue weighted by atomic mass is 10.1. The summed E-state index contributed by atoms with van der Waals surface area (Å²) in [5.41, 5.74) is 1.30. The van der Waals surface area contributed by atoms with Crippen LogP contribution in [0.15, 0.2) is 30.3 Å². The predicted molar refractivity (Wildman–Crippen MR) is 132 cm³/mol. The van der Waals surface area contributed by atoms with E-state index >= 15 is 0 Å². The molecule has 0 atom stereocenters. The van der Waals surface area contributed by atoms with Crippen molar-refractivity contribution in [2.45, 2.75) is 0 Å². The van der Waals surface area contributed by atoms with E-state index in [1.165, 1.54) is 0 Å². The molecule has 0 bridgehead atoms. The summed E-state index contributed by atoms with van der Waals surface area (Å²) in [5.74, 6) is 1.61. The molecule has 1 N–H and O–H groups in total. The number of methoxy groups -OCH3 is 3. The molecule has 3 aromatic rings. The van der Waals surface area contributed by atoms with Gasteiger partial charge in [0.2, 0.25) is 0 Å². The number of ether oxygens (including phenoxy) is 3. The Bertz CT molecular complexity index is 1130. The molecule has 1 amide bonds. The van der Waals surface area contributed by atoms with Gasteiger partial charge in [-0.15, -0.1) is 0 Å². The Labute approximate surface area is 202 Å². The topological polar surface area (TPSA) is 76.2 Å². The van der Waals surface area contributed by atoms with E-state index in [-0.39, 0.29) is 5.91 Å². The van der Waals surface area contributed by atoms with E-state index in [1.54, 1.807) is 50.9 Å². The van der Waals surface area contributed by atoms with Crippen LogP contribution in [-0.4, -0.2) is 76.4 Å². The molecular weight excluding hydrogens is 464 g/mol. The van der Waals surface area contributed by atoms with Gasteiger partial charge in [0.05, 0.1) is 36.6 Å². The highest BCUT2D eigenvalue weighted by atomic mass is 35.5. The largest absolute Gasteiger partial charge is 0.497 e.